The fraction of sp³-hybridized carbons (Fsp3) is 0. The molecule has 7 heavy (non-hydrogen) atoms. The average molecular weight is 124 g/mol. The van der Waals surface area contributed by atoms with Gasteiger partial charge in [0.1, 0.15) is 0 Å². The molecule has 5 nitrogen and oxygen atoms in total. The van der Waals surface area contributed by atoms with E-state index in [1.165, 1.54) is 0 Å². The Bertz CT molecular complexity index is 162. The van der Waals surface area contributed by atoms with Gasteiger partial charge in [-0.1, -0.05) is 0 Å². The molecule has 0 bridgehead atoms. The molecule has 0 spiro atoms. The van der Waals surface area contributed by atoms with Crippen LogP contribution in [0.2, 0.25) is 0 Å². The van der Waals surface area contributed by atoms with Crippen LogP contribution in [0.5, 0.6) is 0 Å². The monoisotopic (exact) mass is 124 g/mol. The Morgan fingerprint density at radius 3 is 1.71 bits per heavy atom. The van der Waals surface area contributed by atoms with E-state index in [1.54, 1.807) is 0 Å². The fourth-order valence-corrected chi connectivity index (χ4v) is 0. The van der Waals surface area contributed by atoms with E-state index >= 15 is 0 Å². The van der Waals surface area contributed by atoms with E-state index in [9.17, 15) is 0 Å². The molecule has 0 aliphatic carbocycles. The van der Waals surface area contributed by atoms with Crippen LogP contribution in [0, 0.1) is 10.7 Å². The number of rotatable bonds is 0. The van der Waals surface area contributed by atoms with Gasteiger partial charge in [0.25, 0.3) is 0 Å². The summed E-state index contributed by atoms with van der Waals surface area (Å²) in [4.78, 5) is 0. The summed E-state index contributed by atoms with van der Waals surface area (Å²) in [6.07, 6.45) is 0. The van der Waals surface area contributed by atoms with Crippen LogP contribution >= 0.6 is 0 Å². The summed E-state index contributed by atoms with van der Waals surface area (Å²) in [7, 11) is -4.61. The number of hydrogen-bond donors (Lipinski definition) is 1. The summed E-state index contributed by atoms with van der Waals surface area (Å²) >= 11 is 0. The van der Waals surface area contributed by atoms with Gasteiger partial charge in [0.2, 0.25) is 0 Å². The lowest BCUT2D eigenvalue weighted by molar-refractivity contribution is 0.475. The average Bonchev–Trinajstić information content (AvgIpc) is 1.35. The van der Waals surface area contributed by atoms with Crippen molar-refractivity contribution in [3.63, 3.8) is 0 Å². The van der Waals surface area contributed by atoms with Gasteiger partial charge < -0.3 is 10.7 Å². The Morgan fingerprint density at radius 2 is 1.71 bits per heavy atom. The number of hydrogen-bond acceptors (Lipinski definition) is 4. The van der Waals surface area contributed by atoms with Crippen molar-refractivity contribution in [3.05, 3.63) is 0 Å². The molecular formula is CH4N2O3S. The molecule has 0 heterocycles. The molecule has 0 aromatic carbocycles. The van der Waals surface area contributed by atoms with E-state index in [1.807, 2.05) is 0 Å². The van der Waals surface area contributed by atoms with Crippen molar-refractivity contribution in [2.75, 3.05) is 0 Å². The fourth-order valence-electron chi connectivity index (χ4n) is 0. The Kier molecular flexibility index (Phi) is 3.46. The number of quaternary nitrogens is 1. The highest BCUT2D eigenvalue weighted by molar-refractivity contribution is 7.90. The molecule has 0 unspecified atom stereocenters. The zero-order chi connectivity index (χ0) is 5.21. The normalized spacial score (nSPS) is 8.57. The molecule has 0 aliphatic heterocycles. The Labute approximate surface area is 40.9 Å². The van der Waals surface area contributed by atoms with Gasteiger partial charge in [-0.25, -0.2) is 8.42 Å². The third-order valence-electron chi connectivity index (χ3n) is 0.112. The van der Waals surface area contributed by atoms with E-state index < -0.39 is 10.1 Å². The molecule has 0 fully saturated rings. The summed E-state index contributed by atoms with van der Waals surface area (Å²) in [5, 5.41) is 7.77. The van der Waals surface area contributed by atoms with Crippen LogP contribution in [-0.4, -0.2) is 13.0 Å². The van der Waals surface area contributed by atoms with Crippen molar-refractivity contribution in [3.8, 4) is 5.40 Å². The van der Waals surface area contributed by atoms with Gasteiger partial charge in [-0.05, 0) is 0 Å². The largest absolute Gasteiger partial charge is 0.736 e. The lowest BCUT2D eigenvalue weighted by Crippen LogP contribution is -1.88. The van der Waals surface area contributed by atoms with Crippen LogP contribution in [0.1, 0.15) is 0 Å². The van der Waals surface area contributed by atoms with Crippen molar-refractivity contribution >= 4 is 10.1 Å². The van der Waals surface area contributed by atoms with Crippen LogP contribution in [0.4, 0.5) is 0 Å². The first kappa shape index (κ1) is 9.61. The van der Waals surface area contributed by atoms with Crippen LogP contribution < -0.4 is 6.15 Å². The molecule has 4 N–H and O–H groups in total. The first-order chi connectivity index (χ1) is 2.56. The Balaban J connectivity index is 0. The number of thiocyanates is 1. The molecule has 6 heteroatoms. The molecule has 0 saturated carbocycles. The van der Waals surface area contributed by atoms with Gasteiger partial charge in [0.15, 0.2) is 15.5 Å². The van der Waals surface area contributed by atoms with Crippen LogP contribution in [-0.2, 0) is 10.1 Å². The molecule has 42 valence electrons. The van der Waals surface area contributed by atoms with Gasteiger partial charge in [-0.3, -0.25) is 0 Å². The molecule has 0 aromatic heterocycles. The van der Waals surface area contributed by atoms with Crippen molar-refractivity contribution in [2.45, 2.75) is 0 Å². The van der Waals surface area contributed by atoms with E-state index in [-0.39, 0.29) is 6.15 Å². The van der Waals surface area contributed by atoms with Gasteiger partial charge in [0, 0.05) is 0 Å². The topological polar surface area (TPSA) is 117 Å². The SMILES string of the molecule is N#CS(=O)(=O)[O-].[NH4+]. The Hall–Kier alpha value is -0.640. The van der Waals surface area contributed by atoms with Crippen molar-refractivity contribution in [1.82, 2.24) is 6.15 Å². The maximum absolute atomic E-state index is 9.08. The minimum absolute atomic E-state index is 0. The van der Waals surface area contributed by atoms with Crippen molar-refractivity contribution in [1.29, 1.82) is 5.26 Å². The van der Waals surface area contributed by atoms with Crippen LogP contribution in [0.15, 0.2) is 0 Å². The molecule has 0 saturated heterocycles. The number of nitrogens with zero attached hydrogens (tertiary/aromatic N) is 1. The lowest BCUT2D eigenvalue weighted by atomic mass is 11.8. The standard InChI is InChI=1S/CHNO3S.H3N/c2-1-6(3,4)5;/h(H,3,4,5);1H3. The molecule has 0 radical (unpaired) electrons. The van der Waals surface area contributed by atoms with E-state index in [2.05, 4.69) is 0 Å². The predicted octanol–water partition coefficient (Wildman–Crippen LogP) is -0.611. The third-order valence-corrected chi connectivity index (χ3v) is 0.335. The molecule has 0 amide bonds. The second kappa shape index (κ2) is 2.52. The minimum Gasteiger partial charge on any atom is -0.736 e. The van der Waals surface area contributed by atoms with E-state index in [4.69, 9.17) is 18.2 Å². The molecule has 0 aliphatic rings. The lowest BCUT2D eigenvalue weighted by Gasteiger charge is -1.86. The highest BCUT2D eigenvalue weighted by Crippen LogP contribution is 1.68. The van der Waals surface area contributed by atoms with Crippen LogP contribution in [0.25, 0.3) is 0 Å². The summed E-state index contributed by atoms with van der Waals surface area (Å²) in [5.41, 5.74) is 0. The van der Waals surface area contributed by atoms with Gasteiger partial charge in [-0.2, -0.15) is 5.26 Å². The summed E-state index contributed by atoms with van der Waals surface area (Å²) < 4.78 is 27.2. The zero-order valence-corrected chi connectivity index (χ0v) is 4.40. The van der Waals surface area contributed by atoms with Gasteiger partial charge in [0.05, 0.1) is 0 Å². The third kappa shape index (κ3) is 10.9. The summed E-state index contributed by atoms with van der Waals surface area (Å²) in [6, 6.07) is 0. The Morgan fingerprint density at radius 1 is 1.57 bits per heavy atom. The second-order valence-electron chi connectivity index (χ2n) is 0.545. The van der Waals surface area contributed by atoms with Crippen LogP contribution in [0.3, 0.4) is 0 Å². The highest BCUT2D eigenvalue weighted by atomic mass is 32.2. The maximum Gasteiger partial charge on any atom is 0.190 e. The number of nitriles is 1. The molecule has 0 rings (SSSR count). The van der Waals surface area contributed by atoms with Crippen molar-refractivity contribution in [2.24, 2.45) is 0 Å². The molecular weight excluding hydrogens is 120 g/mol. The molecule has 0 aromatic rings. The maximum atomic E-state index is 9.08. The van der Waals surface area contributed by atoms with E-state index in [0.717, 1.165) is 0 Å². The predicted molar refractivity (Wildman–Crippen MR) is 21.3 cm³/mol. The summed E-state index contributed by atoms with van der Waals surface area (Å²) in [6.45, 7) is 0. The van der Waals surface area contributed by atoms with Crippen molar-refractivity contribution < 1.29 is 13.0 Å². The smallest absolute Gasteiger partial charge is 0.190 e. The quantitative estimate of drug-likeness (QED) is 0.263. The first-order valence-corrected chi connectivity index (χ1v) is 2.34. The minimum atomic E-state index is -4.61. The first-order valence-electron chi connectivity index (χ1n) is 0.928. The second-order valence-corrected chi connectivity index (χ2v) is 1.64. The van der Waals surface area contributed by atoms with E-state index in [0.29, 0.717) is 5.40 Å². The molecule has 0 atom stereocenters. The van der Waals surface area contributed by atoms with Gasteiger partial charge in [-0.15, -0.1) is 0 Å². The summed E-state index contributed by atoms with van der Waals surface area (Å²) in [5.74, 6) is 0. The van der Waals surface area contributed by atoms with Gasteiger partial charge >= 0.3 is 0 Å². The zero-order valence-electron chi connectivity index (χ0n) is 3.58. The highest BCUT2D eigenvalue weighted by Gasteiger charge is 1.78.